The molecule has 2 heterocycles. The molecule has 0 saturated carbocycles. The lowest BCUT2D eigenvalue weighted by Crippen LogP contribution is -2.52. The smallest absolute Gasteiger partial charge is 0.243 e. The molecule has 0 aliphatic carbocycles. The van der Waals surface area contributed by atoms with Crippen LogP contribution in [0.25, 0.3) is 0 Å². The molecule has 0 bridgehead atoms. The number of aryl methyl sites for hydroxylation is 1. The number of nitrogens with zero attached hydrogens (tertiary/aromatic N) is 2. The SMILES string of the molecule is COCCC1COCCN1C(=O)CN1C(=O)CCCc2ccccc21. The quantitative estimate of drug-likeness (QED) is 0.813. The molecule has 1 aromatic rings. The van der Waals surface area contributed by atoms with E-state index in [1.807, 2.05) is 29.2 Å². The first-order valence-corrected chi connectivity index (χ1v) is 8.95. The Morgan fingerprint density at radius 3 is 3.00 bits per heavy atom. The average molecular weight is 346 g/mol. The van der Waals surface area contributed by atoms with Crippen molar-refractivity contribution in [1.29, 1.82) is 0 Å². The molecule has 2 aliphatic heterocycles. The van der Waals surface area contributed by atoms with Gasteiger partial charge in [-0.3, -0.25) is 9.59 Å². The fourth-order valence-corrected chi connectivity index (χ4v) is 3.56. The molecule has 1 aromatic carbocycles. The van der Waals surface area contributed by atoms with Gasteiger partial charge in [-0.1, -0.05) is 18.2 Å². The van der Waals surface area contributed by atoms with Crippen LogP contribution in [0.15, 0.2) is 24.3 Å². The lowest BCUT2D eigenvalue weighted by atomic mass is 10.1. The molecule has 1 fully saturated rings. The molecule has 0 radical (unpaired) electrons. The first-order valence-electron chi connectivity index (χ1n) is 8.95. The summed E-state index contributed by atoms with van der Waals surface area (Å²) in [6.07, 6.45) is 2.93. The molecule has 136 valence electrons. The van der Waals surface area contributed by atoms with Crippen LogP contribution in [-0.4, -0.2) is 62.8 Å². The Balaban J connectivity index is 1.75. The van der Waals surface area contributed by atoms with Crippen LogP contribution in [0.2, 0.25) is 0 Å². The van der Waals surface area contributed by atoms with Gasteiger partial charge in [0.1, 0.15) is 6.54 Å². The van der Waals surface area contributed by atoms with Crippen LogP contribution in [0.4, 0.5) is 5.69 Å². The molecule has 1 unspecified atom stereocenters. The van der Waals surface area contributed by atoms with Gasteiger partial charge in [-0.05, 0) is 30.9 Å². The molecule has 6 heteroatoms. The molecule has 1 saturated heterocycles. The highest BCUT2D eigenvalue weighted by Crippen LogP contribution is 2.27. The normalized spacial score (nSPS) is 21.0. The Morgan fingerprint density at radius 2 is 2.16 bits per heavy atom. The van der Waals surface area contributed by atoms with Crippen molar-refractivity contribution >= 4 is 17.5 Å². The number of carbonyl (C=O) groups is 2. The summed E-state index contributed by atoms with van der Waals surface area (Å²) in [4.78, 5) is 29.0. The molecule has 0 spiro atoms. The Bertz CT molecular complexity index is 619. The summed E-state index contributed by atoms with van der Waals surface area (Å²) < 4.78 is 10.7. The molecule has 2 amide bonds. The van der Waals surface area contributed by atoms with E-state index in [1.165, 1.54) is 0 Å². The second-order valence-corrected chi connectivity index (χ2v) is 6.56. The predicted octanol–water partition coefficient (Wildman–Crippen LogP) is 1.62. The predicted molar refractivity (Wildman–Crippen MR) is 94.5 cm³/mol. The molecule has 25 heavy (non-hydrogen) atoms. The zero-order valence-electron chi connectivity index (χ0n) is 14.8. The topological polar surface area (TPSA) is 59.1 Å². The van der Waals surface area contributed by atoms with Gasteiger partial charge in [0.05, 0.1) is 19.3 Å². The molecule has 0 aromatic heterocycles. The van der Waals surface area contributed by atoms with Crippen LogP contribution >= 0.6 is 0 Å². The van der Waals surface area contributed by atoms with E-state index in [9.17, 15) is 9.59 Å². The Hall–Kier alpha value is -1.92. The first kappa shape index (κ1) is 17.9. The summed E-state index contributed by atoms with van der Waals surface area (Å²) in [6, 6.07) is 7.90. The van der Waals surface area contributed by atoms with Gasteiger partial charge in [0.25, 0.3) is 0 Å². The monoisotopic (exact) mass is 346 g/mol. The number of morpholine rings is 1. The zero-order chi connectivity index (χ0) is 17.6. The van der Waals surface area contributed by atoms with Crippen molar-refractivity contribution in [2.45, 2.75) is 31.7 Å². The van der Waals surface area contributed by atoms with E-state index in [0.29, 0.717) is 32.8 Å². The van der Waals surface area contributed by atoms with Crippen molar-refractivity contribution in [3.8, 4) is 0 Å². The van der Waals surface area contributed by atoms with E-state index < -0.39 is 0 Å². The number of methoxy groups -OCH3 is 1. The lowest BCUT2D eigenvalue weighted by molar-refractivity contribution is -0.140. The largest absolute Gasteiger partial charge is 0.385 e. The highest BCUT2D eigenvalue weighted by molar-refractivity contribution is 5.99. The third-order valence-electron chi connectivity index (χ3n) is 4.92. The van der Waals surface area contributed by atoms with E-state index >= 15 is 0 Å². The van der Waals surface area contributed by atoms with E-state index in [2.05, 4.69) is 0 Å². The highest BCUT2D eigenvalue weighted by Gasteiger charge is 2.31. The Labute approximate surface area is 148 Å². The molecular formula is C19H26N2O4. The molecule has 0 N–H and O–H groups in total. The minimum Gasteiger partial charge on any atom is -0.385 e. The third-order valence-corrected chi connectivity index (χ3v) is 4.92. The highest BCUT2D eigenvalue weighted by atomic mass is 16.5. The van der Waals surface area contributed by atoms with Gasteiger partial charge in [0, 0.05) is 32.4 Å². The second-order valence-electron chi connectivity index (χ2n) is 6.56. The van der Waals surface area contributed by atoms with Crippen LogP contribution in [0.3, 0.4) is 0 Å². The van der Waals surface area contributed by atoms with Gasteiger partial charge < -0.3 is 19.3 Å². The Morgan fingerprint density at radius 1 is 1.32 bits per heavy atom. The number of benzene rings is 1. The van der Waals surface area contributed by atoms with Gasteiger partial charge >= 0.3 is 0 Å². The number of fused-ring (bicyclic) bond motifs is 1. The summed E-state index contributed by atoms with van der Waals surface area (Å²) in [7, 11) is 1.66. The number of ether oxygens (including phenoxy) is 2. The maximum absolute atomic E-state index is 12.9. The van der Waals surface area contributed by atoms with Crippen LogP contribution < -0.4 is 4.90 Å². The number of hydrogen-bond acceptors (Lipinski definition) is 4. The zero-order valence-corrected chi connectivity index (χ0v) is 14.8. The first-order chi connectivity index (χ1) is 12.2. The third kappa shape index (κ3) is 4.19. The molecule has 1 atom stereocenters. The Kier molecular flexibility index (Phi) is 6.04. The second kappa shape index (κ2) is 8.45. The van der Waals surface area contributed by atoms with Crippen molar-refractivity contribution in [2.24, 2.45) is 0 Å². The number of hydrogen-bond donors (Lipinski definition) is 0. The average Bonchev–Trinajstić information content (AvgIpc) is 2.79. The minimum atomic E-state index is -0.0190. The van der Waals surface area contributed by atoms with Crippen LogP contribution in [0, 0.1) is 0 Å². The van der Waals surface area contributed by atoms with Crippen molar-refractivity contribution in [2.75, 3.05) is 44.9 Å². The minimum absolute atomic E-state index is 0.0125. The lowest BCUT2D eigenvalue weighted by Gasteiger charge is -2.37. The van der Waals surface area contributed by atoms with Gasteiger partial charge in [-0.2, -0.15) is 0 Å². The summed E-state index contributed by atoms with van der Waals surface area (Å²) >= 11 is 0. The van der Waals surface area contributed by atoms with Crippen LogP contribution in [-0.2, 0) is 25.5 Å². The van der Waals surface area contributed by atoms with Gasteiger partial charge in [-0.15, -0.1) is 0 Å². The maximum Gasteiger partial charge on any atom is 0.243 e. The standard InChI is InChI=1S/C19H26N2O4/c1-24-11-9-16-14-25-12-10-20(16)19(23)13-21-17-7-3-2-5-15(17)6-4-8-18(21)22/h2-3,5,7,16H,4,6,8-14H2,1H3. The van der Waals surface area contributed by atoms with E-state index in [4.69, 9.17) is 9.47 Å². The summed E-state index contributed by atoms with van der Waals surface area (Å²) in [6.45, 7) is 2.32. The van der Waals surface area contributed by atoms with Crippen LogP contribution in [0.1, 0.15) is 24.8 Å². The number of rotatable bonds is 5. The number of amides is 2. The van der Waals surface area contributed by atoms with E-state index in [1.54, 1.807) is 12.0 Å². The molecule has 6 nitrogen and oxygen atoms in total. The van der Waals surface area contributed by atoms with Crippen molar-refractivity contribution in [3.05, 3.63) is 29.8 Å². The van der Waals surface area contributed by atoms with Gasteiger partial charge in [-0.25, -0.2) is 0 Å². The number of carbonyl (C=O) groups excluding carboxylic acids is 2. The molecular weight excluding hydrogens is 320 g/mol. The number of para-hydroxylation sites is 1. The van der Waals surface area contributed by atoms with Crippen molar-refractivity contribution < 1.29 is 19.1 Å². The van der Waals surface area contributed by atoms with Gasteiger partial charge in [0.15, 0.2) is 0 Å². The number of anilines is 1. The summed E-state index contributed by atoms with van der Waals surface area (Å²) in [5.74, 6) is 0.00876. The molecule has 3 rings (SSSR count). The van der Waals surface area contributed by atoms with Gasteiger partial charge in [0.2, 0.25) is 11.8 Å². The molecule has 2 aliphatic rings. The van der Waals surface area contributed by atoms with E-state index in [0.717, 1.165) is 30.5 Å². The van der Waals surface area contributed by atoms with Crippen LogP contribution in [0.5, 0.6) is 0 Å². The fourth-order valence-electron chi connectivity index (χ4n) is 3.56. The van der Waals surface area contributed by atoms with Crippen molar-refractivity contribution in [3.63, 3.8) is 0 Å². The summed E-state index contributed by atoms with van der Waals surface area (Å²) in [5.41, 5.74) is 2.01. The van der Waals surface area contributed by atoms with E-state index in [-0.39, 0.29) is 24.4 Å². The van der Waals surface area contributed by atoms with Crippen molar-refractivity contribution in [1.82, 2.24) is 4.90 Å². The summed E-state index contributed by atoms with van der Waals surface area (Å²) in [5, 5.41) is 0. The fraction of sp³-hybridized carbons (Fsp3) is 0.579. The maximum atomic E-state index is 12.9.